The molecule has 0 saturated heterocycles. The van der Waals surface area contributed by atoms with Gasteiger partial charge in [-0.15, -0.1) is 10.2 Å². The van der Waals surface area contributed by atoms with Crippen molar-refractivity contribution in [3.8, 4) is 0 Å². The van der Waals surface area contributed by atoms with Crippen LogP contribution in [0.25, 0.3) is 0 Å². The SMILES string of the molecule is CCCC(C)(N)C(=O)NCCc1nnc2n1CCCCC2. The molecule has 1 aliphatic rings. The van der Waals surface area contributed by atoms with Crippen LogP contribution in [0.5, 0.6) is 0 Å². The molecule has 1 aromatic heterocycles. The molecule has 21 heavy (non-hydrogen) atoms. The number of carbonyl (C=O) groups is 1. The molecule has 0 aromatic carbocycles. The van der Waals surface area contributed by atoms with Gasteiger partial charge in [-0.05, 0) is 26.2 Å². The summed E-state index contributed by atoms with van der Waals surface area (Å²) in [6.45, 7) is 5.38. The first-order chi connectivity index (χ1) is 10.0. The van der Waals surface area contributed by atoms with Crippen molar-refractivity contribution >= 4 is 5.91 Å². The van der Waals surface area contributed by atoms with Crippen molar-refractivity contribution < 1.29 is 4.79 Å². The van der Waals surface area contributed by atoms with Gasteiger partial charge >= 0.3 is 0 Å². The Morgan fingerprint density at radius 2 is 2.19 bits per heavy atom. The topological polar surface area (TPSA) is 85.8 Å². The number of nitrogens with zero attached hydrogens (tertiary/aromatic N) is 3. The average molecular weight is 293 g/mol. The maximum Gasteiger partial charge on any atom is 0.239 e. The molecule has 0 bridgehead atoms. The molecular weight excluding hydrogens is 266 g/mol. The maximum atomic E-state index is 12.0. The largest absolute Gasteiger partial charge is 0.354 e. The molecule has 1 unspecified atom stereocenters. The van der Waals surface area contributed by atoms with Crippen LogP contribution in [0.4, 0.5) is 0 Å². The summed E-state index contributed by atoms with van der Waals surface area (Å²) in [7, 11) is 0. The first kappa shape index (κ1) is 15.9. The zero-order valence-corrected chi connectivity index (χ0v) is 13.2. The van der Waals surface area contributed by atoms with Crippen molar-refractivity contribution in [1.29, 1.82) is 0 Å². The van der Waals surface area contributed by atoms with Crippen molar-refractivity contribution in [3.63, 3.8) is 0 Å². The van der Waals surface area contributed by atoms with Crippen molar-refractivity contribution in [2.45, 2.75) is 70.9 Å². The molecule has 118 valence electrons. The average Bonchev–Trinajstić information content (AvgIpc) is 2.67. The van der Waals surface area contributed by atoms with E-state index in [0.29, 0.717) is 19.4 Å². The molecule has 0 radical (unpaired) electrons. The van der Waals surface area contributed by atoms with Gasteiger partial charge in [0.1, 0.15) is 11.6 Å². The minimum Gasteiger partial charge on any atom is -0.354 e. The third kappa shape index (κ3) is 4.03. The Labute approximate surface area is 126 Å². The number of rotatable bonds is 6. The van der Waals surface area contributed by atoms with E-state index in [1.54, 1.807) is 6.92 Å². The monoisotopic (exact) mass is 293 g/mol. The summed E-state index contributed by atoms with van der Waals surface area (Å²) in [5.41, 5.74) is 5.24. The van der Waals surface area contributed by atoms with Crippen LogP contribution in [0.3, 0.4) is 0 Å². The van der Waals surface area contributed by atoms with E-state index in [0.717, 1.165) is 31.0 Å². The minimum absolute atomic E-state index is 0.0834. The van der Waals surface area contributed by atoms with Crippen LogP contribution < -0.4 is 11.1 Å². The van der Waals surface area contributed by atoms with Crippen LogP contribution in [-0.2, 0) is 24.2 Å². The molecule has 6 nitrogen and oxygen atoms in total. The van der Waals surface area contributed by atoms with E-state index in [2.05, 4.69) is 20.1 Å². The molecule has 0 fully saturated rings. The van der Waals surface area contributed by atoms with E-state index in [4.69, 9.17) is 5.73 Å². The van der Waals surface area contributed by atoms with Gasteiger partial charge in [-0.2, -0.15) is 0 Å². The third-order valence-corrected chi connectivity index (χ3v) is 4.11. The zero-order valence-electron chi connectivity index (χ0n) is 13.2. The van der Waals surface area contributed by atoms with Crippen LogP contribution in [0, 0.1) is 0 Å². The molecule has 3 N–H and O–H groups in total. The number of aryl methyl sites for hydroxylation is 1. The Hall–Kier alpha value is -1.43. The number of nitrogens with one attached hydrogen (secondary N) is 1. The number of amides is 1. The van der Waals surface area contributed by atoms with E-state index in [-0.39, 0.29) is 5.91 Å². The predicted octanol–water partition coefficient (Wildman–Crippen LogP) is 1.18. The van der Waals surface area contributed by atoms with Crippen molar-refractivity contribution in [2.24, 2.45) is 5.73 Å². The molecule has 1 amide bonds. The van der Waals surface area contributed by atoms with Gasteiger partial charge in [-0.3, -0.25) is 4.79 Å². The Morgan fingerprint density at radius 1 is 1.38 bits per heavy atom. The first-order valence-corrected chi connectivity index (χ1v) is 8.02. The van der Waals surface area contributed by atoms with Gasteiger partial charge in [-0.25, -0.2) is 0 Å². The second-order valence-electron chi connectivity index (χ2n) is 6.17. The second-order valence-corrected chi connectivity index (χ2v) is 6.17. The molecule has 1 atom stereocenters. The normalized spacial score (nSPS) is 17.7. The van der Waals surface area contributed by atoms with Gasteiger partial charge in [0.25, 0.3) is 0 Å². The molecule has 0 aliphatic carbocycles. The van der Waals surface area contributed by atoms with Crippen LogP contribution in [0.15, 0.2) is 0 Å². The number of hydrogen-bond donors (Lipinski definition) is 2. The predicted molar refractivity (Wildman–Crippen MR) is 81.8 cm³/mol. The van der Waals surface area contributed by atoms with Gasteiger partial charge in [0.05, 0.1) is 5.54 Å². The van der Waals surface area contributed by atoms with E-state index in [1.165, 1.54) is 19.3 Å². The summed E-state index contributed by atoms with van der Waals surface area (Å²) in [6.07, 6.45) is 6.94. The maximum absolute atomic E-state index is 12.0. The summed E-state index contributed by atoms with van der Waals surface area (Å²) >= 11 is 0. The second kappa shape index (κ2) is 7.02. The number of fused-ring (bicyclic) bond motifs is 1. The molecule has 2 heterocycles. The standard InChI is InChI=1S/C15H27N5O/c1-3-9-15(2,16)14(21)17-10-8-13-19-18-12-7-5-4-6-11-20(12)13/h3-11,16H2,1-2H3,(H,17,21). The Bertz CT molecular complexity index is 480. The summed E-state index contributed by atoms with van der Waals surface area (Å²) in [6, 6.07) is 0. The van der Waals surface area contributed by atoms with E-state index < -0.39 is 5.54 Å². The fraction of sp³-hybridized carbons (Fsp3) is 0.800. The highest BCUT2D eigenvalue weighted by Gasteiger charge is 2.26. The van der Waals surface area contributed by atoms with E-state index in [9.17, 15) is 4.79 Å². The zero-order chi connectivity index (χ0) is 15.3. The summed E-state index contributed by atoms with van der Waals surface area (Å²) in [4.78, 5) is 12.0. The van der Waals surface area contributed by atoms with Gasteiger partial charge in [-0.1, -0.05) is 19.8 Å². The fourth-order valence-electron chi connectivity index (χ4n) is 2.85. The summed E-state index contributed by atoms with van der Waals surface area (Å²) in [5, 5.41) is 11.5. The molecule has 1 aromatic rings. The molecule has 0 saturated carbocycles. The molecule has 2 rings (SSSR count). The van der Waals surface area contributed by atoms with Crippen LogP contribution in [0.1, 0.15) is 57.6 Å². The lowest BCUT2D eigenvalue weighted by molar-refractivity contribution is -0.126. The van der Waals surface area contributed by atoms with Gasteiger partial charge in [0, 0.05) is 25.9 Å². The van der Waals surface area contributed by atoms with E-state index >= 15 is 0 Å². The molecular formula is C15H27N5O. The number of carbonyl (C=O) groups excluding carboxylic acids is 1. The lowest BCUT2D eigenvalue weighted by Gasteiger charge is -2.22. The van der Waals surface area contributed by atoms with Gasteiger partial charge in [0.2, 0.25) is 5.91 Å². The molecule has 6 heteroatoms. The lowest BCUT2D eigenvalue weighted by Crippen LogP contribution is -2.51. The molecule has 0 spiro atoms. The fourth-order valence-corrected chi connectivity index (χ4v) is 2.85. The van der Waals surface area contributed by atoms with Crippen molar-refractivity contribution in [1.82, 2.24) is 20.1 Å². The Kier molecular flexibility index (Phi) is 5.33. The summed E-state index contributed by atoms with van der Waals surface area (Å²) in [5.74, 6) is 1.98. The number of aromatic nitrogens is 3. The quantitative estimate of drug-likeness (QED) is 0.824. The highest BCUT2D eigenvalue weighted by atomic mass is 16.2. The number of hydrogen-bond acceptors (Lipinski definition) is 4. The molecule has 1 aliphatic heterocycles. The van der Waals surface area contributed by atoms with Crippen LogP contribution >= 0.6 is 0 Å². The van der Waals surface area contributed by atoms with Gasteiger partial charge < -0.3 is 15.6 Å². The number of nitrogens with two attached hydrogens (primary N) is 1. The van der Waals surface area contributed by atoms with Gasteiger partial charge in [0.15, 0.2) is 0 Å². The van der Waals surface area contributed by atoms with Crippen molar-refractivity contribution in [2.75, 3.05) is 6.54 Å². The highest BCUT2D eigenvalue weighted by Crippen LogP contribution is 2.14. The third-order valence-electron chi connectivity index (χ3n) is 4.11. The highest BCUT2D eigenvalue weighted by molar-refractivity contribution is 5.85. The Morgan fingerprint density at radius 3 is 2.95 bits per heavy atom. The lowest BCUT2D eigenvalue weighted by atomic mass is 9.96. The van der Waals surface area contributed by atoms with Crippen LogP contribution in [-0.4, -0.2) is 32.8 Å². The van der Waals surface area contributed by atoms with Crippen LogP contribution in [0.2, 0.25) is 0 Å². The minimum atomic E-state index is -0.781. The Balaban J connectivity index is 1.87. The smallest absolute Gasteiger partial charge is 0.239 e. The summed E-state index contributed by atoms with van der Waals surface area (Å²) < 4.78 is 2.22. The van der Waals surface area contributed by atoms with Crippen molar-refractivity contribution in [3.05, 3.63) is 11.6 Å². The van der Waals surface area contributed by atoms with E-state index in [1.807, 2.05) is 6.92 Å². The first-order valence-electron chi connectivity index (χ1n) is 8.02.